The van der Waals surface area contributed by atoms with Gasteiger partial charge in [0.05, 0.1) is 17.6 Å². The summed E-state index contributed by atoms with van der Waals surface area (Å²) in [4.78, 5) is 25.1. The number of methoxy groups -OCH3 is 1. The summed E-state index contributed by atoms with van der Waals surface area (Å²) in [5, 5.41) is 4.50. The highest BCUT2D eigenvalue weighted by atomic mass is 35.5. The predicted molar refractivity (Wildman–Crippen MR) is 145 cm³/mol. The highest BCUT2D eigenvalue weighted by molar-refractivity contribution is 6.33. The quantitative estimate of drug-likeness (QED) is 0.345. The van der Waals surface area contributed by atoms with Gasteiger partial charge in [-0.3, -0.25) is 4.79 Å². The Kier molecular flexibility index (Phi) is 7.05. The van der Waals surface area contributed by atoms with Crippen molar-refractivity contribution in [3.63, 3.8) is 0 Å². The Labute approximate surface area is 216 Å². The molecule has 1 saturated heterocycles. The van der Waals surface area contributed by atoms with Crippen LogP contribution in [-0.4, -0.2) is 36.1 Å². The lowest BCUT2D eigenvalue weighted by Gasteiger charge is -2.32. The molecular formula is C29H29ClN4O2. The average Bonchev–Trinajstić information content (AvgIpc) is 2.92. The third-order valence-corrected chi connectivity index (χ3v) is 7.08. The first-order valence-electron chi connectivity index (χ1n) is 12.2. The fraction of sp³-hybridized carbons (Fsp3) is 0.276. The Bertz CT molecular complexity index is 1380. The zero-order valence-corrected chi connectivity index (χ0v) is 21.3. The van der Waals surface area contributed by atoms with Crippen molar-refractivity contribution in [1.82, 2.24) is 15.3 Å². The minimum absolute atomic E-state index is 0.138. The smallest absolute Gasteiger partial charge is 0.251 e. The fourth-order valence-corrected chi connectivity index (χ4v) is 4.73. The number of aromatic nitrogens is 2. The fourth-order valence-electron chi connectivity index (χ4n) is 4.51. The number of nitrogens with one attached hydrogen (secondary N) is 1. The van der Waals surface area contributed by atoms with Crippen LogP contribution in [0.15, 0.2) is 66.7 Å². The molecule has 1 aliphatic heterocycles. The van der Waals surface area contributed by atoms with E-state index in [9.17, 15) is 4.79 Å². The van der Waals surface area contributed by atoms with Crippen LogP contribution < -0.4 is 15.0 Å². The third-order valence-electron chi connectivity index (χ3n) is 6.75. The summed E-state index contributed by atoms with van der Waals surface area (Å²) in [6, 6.07) is 20.9. The van der Waals surface area contributed by atoms with E-state index in [1.807, 2.05) is 66.7 Å². The Hall–Kier alpha value is -3.64. The molecule has 6 nitrogen and oxygen atoms in total. The van der Waals surface area contributed by atoms with Gasteiger partial charge in [0.15, 0.2) is 5.82 Å². The molecule has 1 aliphatic rings. The summed E-state index contributed by atoms with van der Waals surface area (Å²) in [6.07, 6.45) is 2.21. The summed E-state index contributed by atoms with van der Waals surface area (Å²) in [5.74, 6) is 2.79. The van der Waals surface area contributed by atoms with Gasteiger partial charge in [0.25, 0.3) is 5.91 Å². The summed E-state index contributed by atoms with van der Waals surface area (Å²) in [6.45, 7) is 4.56. The van der Waals surface area contributed by atoms with Gasteiger partial charge in [0.2, 0.25) is 0 Å². The van der Waals surface area contributed by atoms with Gasteiger partial charge in [-0.25, -0.2) is 9.97 Å². The van der Waals surface area contributed by atoms with Crippen LogP contribution in [-0.2, 0) is 6.54 Å². The molecule has 7 heteroatoms. The van der Waals surface area contributed by atoms with Crippen molar-refractivity contribution in [2.24, 2.45) is 5.92 Å². The molecule has 0 saturated carbocycles. The van der Waals surface area contributed by atoms with E-state index in [4.69, 9.17) is 26.3 Å². The lowest BCUT2D eigenvalue weighted by Crippen LogP contribution is -2.33. The summed E-state index contributed by atoms with van der Waals surface area (Å²) in [5.41, 5.74) is 3.17. The van der Waals surface area contributed by atoms with Crippen molar-refractivity contribution in [3.05, 3.63) is 82.9 Å². The van der Waals surface area contributed by atoms with Gasteiger partial charge < -0.3 is 15.0 Å². The molecule has 0 aliphatic carbocycles. The molecule has 0 atom stereocenters. The number of anilines is 1. The average molecular weight is 501 g/mol. The molecule has 2 heterocycles. The maximum absolute atomic E-state index is 13.0. The number of fused-ring (bicyclic) bond motifs is 1. The standard InChI is InChI=1S/C29H29ClN4O2/c1-19-13-15-34(16-14-19)28-24-17-21(29(35)31-18-20-7-10-22(36-2)11-8-20)9-12-26(24)32-27(33-28)23-5-3-4-6-25(23)30/h3-12,17,19H,13-16,18H2,1-2H3,(H,31,35). The zero-order chi connectivity index (χ0) is 25.1. The van der Waals surface area contributed by atoms with Crippen LogP contribution in [0.3, 0.4) is 0 Å². The number of ether oxygens (including phenoxy) is 1. The van der Waals surface area contributed by atoms with Gasteiger partial charge in [-0.1, -0.05) is 42.8 Å². The lowest BCUT2D eigenvalue weighted by molar-refractivity contribution is 0.0951. The number of amides is 1. The first-order chi connectivity index (χ1) is 17.5. The van der Waals surface area contributed by atoms with E-state index in [0.717, 1.165) is 59.5 Å². The number of hydrogen-bond donors (Lipinski definition) is 1. The molecule has 1 aromatic heterocycles. The number of halogens is 1. The van der Waals surface area contributed by atoms with Crippen LogP contribution in [0, 0.1) is 5.92 Å². The minimum Gasteiger partial charge on any atom is -0.497 e. The molecule has 0 spiro atoms. The topological polar surface area (TPSA) is 67.3 Å². The van der Waals surface area contributed by atoms with Gasteiger partial charge in [0, 0.05) is 36.1 Å². The van der Waals surface area contributed by atoms with E-state index < -0.39 is 0 Å². The van der Waals surface area contributed by atoms with Crippen LogP contribution in [0.4, 0.5) is 5.82 Å². The first kappa shape index (κ1) is 24.1. The first-order valence-corrected chi connectivity index (χ1v) is 12.6. The Balaban J connectivity index is 1.48. The predicted octanol–water partition coefficient (Wildman–Crippen LogP) is 6.13. The molecule has 1 N–H and O–H groups in total. The number of hydrogen-bond acceptors (Lipinski definition) is 5. The van der Waals surface area contributed by atoms with Crippen LogP contribution in [0.25, 0.3) is 22.3 Å². The van der Waals surface area contributed by atoms with Gasteiger partial charge in [-0.05, 0) is 66.8 Å². The second-order valence-corrected chi connectivity index (χ2v) is 9.69. The van der Waals surface area contributed by atoms with Crippen molar-refractivity contribution in [2.45, 2.75) is 26.3 Å². The molecular weight excluding hydrogens is 472 g/mol. The Morgan fingerprint density at radius 1 is 1.06 bits per heavy atom. The molecule has 1 amide bonds. The maximum Gasteiger partial charge on any atom is 0.251 e. The summed E-state index contributed by atoms with van der Waals surface area (Å²) in [7, 11) is 1.64. The molecule has 184 valence electrons. The Morgan fingerprint density at radius 3 is 2.53 bits per heavy atom. The second-order valence-electron chi connectivity index (χ2n) is 9.28. The lowest BCUT2D eigenvalue weighted by atomic mass is 9.99. The highest BCUT2D eigenvalue weighted by Gasteiger charge is 2.22. The second kappa shape index (κ2) is 10.5. The molecule has 5 rings (SSSR count). The van der Waals surface area contributed by atoms with Crippen molar-refractivity contribution in [1.29, 1.82) is 0 Å². The van der Waals surface area contributed by atoms with E-state index in [2.05, 4.69) is 17.1 Å². The van der Waals surface area contributed by atoms with E-state index in [1.54, 1.807) is 7.11 Å². The normalized spacial score (nSPS) is 14.1. The van der Waals surface area contributed by atoms with E-state index in [0.29, 0.717) is 28.9 Å². The molecule has 36 heavy (non-hydrogen) atoms. The zero-order valence-electron chi connectivity index (χ0n) is 20.5. The van der Waals surface area contributed by atoms with Crippen LogP contribution in [0.1, 0.15) is 35.7 Å². The van der Waals surface area contributed by atoms with Crippen molar-refractivity contribution >= 4 is 34.2 Å². The number of rotatable bonds is 6. The van der Waals surface area contributed by atoms with Gasteiger partial charge in [-0.15, -0.1) is 0 Å². The number of carbonyl (C=O) groups excluding carboxylic acids is 1. The van der Waals surface area contributed by atoms with E-state index in [-0.39, 0.29) is 5.91 Å². The number of benzene rings is 3. The van der Waals surface area contributed by atoms with Gasteiger partial charge in [0.1, 0.15) is 11.6 Å². The number of carbonyl (C=O) groups is 1. The molecule has 3 aromatic carbocycles. The van der Waals surface area contributed by atoms with Gasteiger partial charge in [-0.2, -0.15) is 0 Å². The number of nitrogens with zero attached hydrogens (tertiary/aromatic N) is 3. The molecule has 1 fully saturated rings. The highest BCUT2D eigenvalue weighted by Crippen LogP contribution is 2.33. The monoisotopic (exact) mass is 500 g/mol. The van der Waals surface area contributed by atoms with Crippen molar-refractivity contribution in [2.75, 3.05) is 25.1 Å². The molecule has 0 radical (unpaired) electrons. The largest absolute Gasteiger partial charge is 0.497 e. The summed E-state index contributed by atoms with van der Waals surface area (Å²) < 4.78 is 5.20. The molecule has 4 aromatic rings. The van der Waals surface area contributed by atoms with Crippen molar-refractivity contribution in [3.8, 4) is 17.1 Å². The van der Waals surface area contributed by atoms with Gasteiger partial charge >= 0.3 is 0 Å². The van der Waals surface area contributed by atoms with Crippen LogP contribution in [0.2, 0.25) is 5.02 Å². The number of piperidine rings is 1. The Morgan fingerprint density at radius 2 is 1.81 bits per heavy atom. The summed E-state index contributed by atoms with van der Waals surface area (Å²) >= 11 is 6.48. The molecule has 0 bridgehead atoms. The third kappa shape index (κ3) is 5.14. The maximum atomic E-state index is 13.0. The van der Waals surface area contributed by atoms with E-state index >= 15 is 0 Å². The SMILES string of the molecule is COc1ccc(CNC(=O)c2ccc3nc(-c4ccccc4Cl)nc(N4CCC(C)CC4)c3c2)cc1. The van der Waals surface area contributed by atoms with Crippen LogP contribution in [0.5, 0.6) is 5.75 Å². The van der Waals surface area contributed by atoms with Crippen molar-refractivity contribution < 1.29 is 9.53 Å². The van der Waals surface area contributed by atoms with Crippen LogP contribution >= 0.6 is 11.6 Å². The van der Waals surface area contributed by atoms with E-state index in [1.165, 1.54) is 0 Å². The minimum atomic E-state index is -0.138. The molecule has 0 unspecified atom stereocenters.